The molecular formula is C19H33K2NO4. The molecule has 0 aromatic heterocycles. The Morgan fingerprint density at radius 2 is 1.42 bits per heavy atom. The van der Waals surface area contributed by atoms with E-state index in [1.165, 1.54) is 38.5 Å². The van der Waals surface area contributed by atoms with Crippen molar-refractivity contribution in [2.75, 3.05) is 6.54 Å². The summed E-state index contributed by atoms with van der Waals surface area (Å²) in [6.07, 6.45) is 16.0. The third-order valence-electron chi connectivity index (χ3n) is 4.00. The van der Waals surface area contributed by atoms with E-state index in [1.54, 1.807) is 0 Å². The molecule has 7 heteroatoms. The van der Waals surface area contributed by atoms with Crippen LogP contribution in [0.4, 0.5) is 0 Å². The van der Waals surface area contributed by atoms with Crippen molar-refractivity contribution >= 4 is 11.9 Å². The van der Waals surface area contributed by atoms with Crippen LogP contribution in [-0.2, 0) is 9.59 Å². The van der Waals surface area contributed by atoms with Gasteiger partial charge in [0.2, 0.25) is 0 Å². The normalized spacial score (nSPS) is 11.6. The number of aliphatic carboxylic acids is 2. The fourth-order valence-corrected chi connectivity index (χ4v) is 2.49. The number of nitrogens with one attached hydrogen (secondary N) is 1. The van der Waals surface area contributed by atoms with Crippen molar-refractivity contribution in [3.05, 3.63) is 12.2 Å². The van der Waals surface area contributed by atoms with Gasteiger partial charge in [0, 0.05) is 12.0 Å². The third kappa shape index (κ3) is 24.0. The first kappa shape index (κ1) is 32.6. The largest absolute Gasteiger partial charge is 1.00 e. The van der Waals surface area contributed by atoms with Crippen LogP contribution in [0.1, 0.15) is 84.0 Å². The van der Waals surface area contributed by atoms with Crippen LogP contribution >= 0.6 is 0 Å². The van der Waals surface area contributed by atoms with Crippen LogP contribution in [0.2, 0.25) is 0 Å². The molecular weight excluding hydrogens is 384 g/mol. The van der Waals surface area contributed by atoms with E-state index in [0.717, 1.165) is 25.7 Å². The number of rotatable bonds is 17. The van der Waals surface area contributed by atoms with E-state index >= 15 is 0 Å². The van der Waals surface area contributed by atoms with Gasteiger partial charge in [0.25, 0.3) is 0 Å². The number of carboxylic acid groups (broad SMARTS) is 2. The van der Waals surface area contributed by atoms with Gasteiger partial charge >= 0.3 is 103 Å². The Morgan fingerprint density at radius 1 is 0.885 bits per heavy atom. The molecule has 1 atom stereocenters. The fourth-order valence-electron chi connectivity index (χ4n) is 2.49. The number of carbonyl (C=O) groups excluding carboxylic acids is 2. The summed E-state index contributed by atoms with van der Waals surface area (Å²) in [6, 6.07) is -0.901. The van der Waals surface area contributed by atoms with Gasteiger partial charge in [0.05, 0.1) is 5.97 Å². The molecule has 0 bridgehead atoms. The molecule has 0 fully saturated rings. The van der Waals surface area contributed by atoms with Gasteiger partial charge in [-0.25, -0.2) is 0 Å². The van der Waals surface area contributed by atoms with Crippen LogP contribution in [0.5, 0.6) is 0 Å². The summed E-state index contributed by atoms with van der Waals surface area (Å²) >= 11 is 0. The predicted octanol–water partition coefficient (Wildman–Crippen LogP) is -4.29. The van der Waals surface area contributed by atoms with Gasteiger partial charge in [-0.15, -0.1) is 0 Å². The molecule has 0 aliphatic rings. The number of hydrogen-bond donors (Lipinski definition) is 1. The zero-order valence-electron chi connectivity index (χ0n) is 17.1. The molecule has 5 nitrogen and oxygen atoms in total. The second-order valence-corrected chi connectivity index (χ2v) is 6.26. The molecule has 0 rings (SSSR count). The summed E-state index contributed by atoms with van der Waals surface area (Å²) in [4.78, 5) is 21.2. The maximum Gasteiger partial charge on any atom is 1.00 e. The fraction of sp³-hybridized carbons (Fsp3) is 0.789. The number of carbonyl (C=O) groups is 2. The maximum atomic E-state index is 10.9. The first-order chi connectivity index (χ1) is 11.6. The topological polar surface area (TPSA) is 92.3 Å². The maximum absolute atomic E-state index is 10.9. The Bertz CT molecular complexity index is 365. The van der Waals surface area contributed by atoms with E-state index < -0.39 is 18.0 Å². The number of allylic oxidation sites excluding steroid dienone is 2. The SMILES string of the molecule is CCCC/C=C\CCCCCCCCN[C@@H](CCC(=O)[O-])C(=O)[O-].[K+].[K+]. The Balaban J connectivity index is -0.00000264. The van der Waals surface area contributed by atoms with E-state index in [4.69, 9.17) is 0 Å². The molecule has 0 aromatic rings. The molecule has 0 amide bonds. The van der Waals surface area contributed by atoms with E-state index in [2.05, 4.69) is 24.4 Å². The van der Waals surface area contributed by atoms with Gasteiger partial charge < -0.3 is 25.1 Å². The van der Waals surface area contributed by atoms with Crippen molar-refractivity contribution in [1.82, 2.24) is 5.32 Å². The van der Waals surface area contributed by atoms with Crippen LogP contribution in [0.3, 0.4) is 0 Å². The molecule has 0 aliphatic carbocycles. The van der Waals surface area contributed by atoms with Gasteiger partial charge in [-0.3, -0.25) is 0 Å². The first-order valence-corrected chi connectivity index (χ1v) is 9.37. The van der Waals surface area contributed by atoms with Crippen molar-refractivity contribution in [2.45, 2.75) is 90.0 Å². The summed E-state index contributed by atoms with van der Waals surface area (Å²) < 4.78 is 0. The molecule has 26 heavy (non-hydrogen) atoms. The van der Waals surface area contributed by atoms with E-state index in [1.807, 2.05) is 0 Å². The Morgan fingerprint density at radius 3 is 1.96 bits per heavy atom. The second-order valence-electron chi connectivity index (χ2n) is 6.26. The van der Waals surface area contributed by atoms with Crippen molar-refractivity contribution in [3.8, 4) is 0 Å². The second kappa shape index (κ2) is 24.9. The van der Waals surface area contributed by atoms with Crippen LogP contribution in [-0.4, -0.2) is 24.5 Å². The van der Waals surface area contributed by atoms with Crippen LogP contribution < -0.4 is 118 Å². The number of carboxylic acids is 2. The molecule has 0 saturated heterocycles. The molecule has 0 saturated carbocycles. The van der Waals surface area contributed by atoms with Crippen LogP contribution in [0.25, 0.3) is 0 Å². The summed E-state index contributed by atoms with van der Waals surface area (Å²) in [5.74, 6) is -2.48. The summed E-state index contributed by atoms with van der Waals surface area (Å²) in [7, 11) is 0. The summed E-state index contributed by atoms with van der Waals surface area (Å²) in [5, 5.41) is 24.1. The minimum Gasteiger partial charge on any atom is -0.550 e. The van der Waals surface area contributed by atoms with E-state index in [-0.39, 0.29) is 116 Å². The molecule has 0 spiro atoms. The zero-order chi connectivity index (χ0) is 18.0. The van der Waals surface area contributed by atoms with Crippen LogP contribution in [0.15, 0.2) is 12.2 Å². The summed E-state index contributed by atoms with van der Waals surface area (Å²) in [5.41, 5.74) is 0. The summed E-state index contributed by atoms with van der Waals surface area (Å²) in [6.45, 7) is 2.78. The molecule has 0 radical (unpaired) electrons. The number of hydrogen-bond acceptors (Lipinski definition) is 5. The van der Waals surface area contributed by atoms with E-state index in [0.29, 0.717) is 6.54 Å². The molecule has 0 heterocycles. The molecule has 0 aliphatic heterocycles. The van der Waals surface area contributed by atoms with Gasteiger partial charge in [-0.1, -0.05) is 57.6 Å². The van der Waals surface area contributed by atoms with Gasteiger partial charge in [-0.05, 0) is 45.1 Å². The van der Waals surface area contributed by atoms with E-state index in [9.17, 15) is 19.8 Å². The average molecular weight is 418 g/mol. The van der Waals surface area contributed by atoms with Crippen molar-refractivity contribution in [3.63, 3.8) is 0 Å². The molecule has 0 unspecified atom stereocenters. The van der Waals surface area contributed by atoms with Crippen molar-refractivity contribution < 1.29 is 123 Å². The average Bonchev–Trinajstić information content (AvgIpc) is 2.54. The smallest absolute Gasteiger partial charge is 0.550 e. The van der Waals surface area contributed by atoms with Gasteiger partial charge in [0.1, 0.15) is 0 Å². The van der Waals surface area contributed by atoms with Crippen molar-refractivity contribution in [2.24, 2.45) is 0 Å². The standard InChI is InChI=1S/C19H35NO4.2K/c1-2-3-4-5-6-7-8-9-10-11-12-13-16-20-17(19(23)24)14-15-18(21)22;;/h5-6,17,20H,2-4,7-16H2,1H3,(H,21,22)(H,23,24);;/q;2*+1/p-2/b6-5-;;/t17-;;/m0../s1. The molecule has 140 valence electrons. The molecule has 1 N–H and O–H groups in total. The monoisotopic (exact) mass is 417 g/mol. The van der Waals surface area contributed by atoms with Gasteiger partial charge in [0.15, 0.2) is 0 Å². The minimum atomic E-state index is -1.25. The third-order valence-corrected chi connectivity index (χ3v) is 4.00. The first-order valence-electron chi connectivity index (χ1n) is 9.37. The van der Waals surface area contributed by atoms with Crippen molar-refractivity contribution in [1.29, 1.82) is 0 Å². The zero-order valence-corrected chi connectivity index (χ0v) is 23.3. The van der Waals surface area contributed by atoms with Crippen LogP contribution in [0, 0.1) is 0 Å². The Hall–Kier alpha value is 1.91. The van der Waals surface area contributed by atoms with Gasteiger partial charge in [-0.2, -0.15) is 0 Å². The molecule has 0 aromatic carbocycles. The Kier molecular flexibility index (Phi) is 31.3. The number of unbranched alkanes of at least 4 members (excludes halogenated alkanes) is 8. The predicted molar refractivity (Wildman–Crippen MR) is 92.0 cm³/mol. The Labute approximate surface area is 244 Å². The quantitative estimate of drug-likeness (QED) is 0.147. The minimum absolute atomic E-state index is 0.